The summed E-state index contributed by atoms with van der Waals surface area (Å²) in [6, 6.07) is 3.89. The van der Waals surface area contributed by atoms with Crippen molar-refractivity contribution in [2.24, 2.45) is 0 Å². The zero-order chi connectivity index (χ0) is 11.3. The van der Waals surface area contributed by atoms with Gasteiger partial charge in [-0.1, -0.05) is 0 Å². The summed E-state index contributed by atoms with van der Waals surface area (Å²) < 4.78 is 17.2. The van der Waals surface area contributed by atoms with Crippen molar-refractivity contribution in [3.05, 3.63) is 24.0 Å². The van der Waals surface area contributed by atoms with Gasteiger partial charge in [-0.25, -0.2) is 4.39 Å². The summed E-state index contributed by atoms with van der Waals surface area (Å²) in [7, 11) is 1.78. The summed E-state index contributed by atoms with van der Waals surface area (Å²) in [5, 5.41) is 0. The second-order valence-electron chi connectivity index (χ2n) is 3.56. The monoisotopic (exact) mass is 212 g/mol. The van der Waals surface area contributed by atoms with Crippen LogP contribution in [0.4, 0.5) is 15.8 Å². The highest BCUT2D eigenvalue weighted by atomic mass is 19.1. The molecular weight excluding hydrogens is 195 g/mol. The van der Waals surface area contributed by atoms with Crippen LogP contribution in [0.5, 0.6) is 0 Å². The van der Waals surface area contributed by atoms with Gasteiger partial charge in [0, 0.05) is 7.11 Å². The van der Waals surface area contributed by atoms with Gasteiger partial charge in [0.1, 0.15) is 5.82 Å². The maximum Gasteiger partial charge on any atom is 0.125 e. The molecule has 1 aliphatic rings. The van der Waals surface area contributed by atoms with Gasteiger partial charge >= 0.3 is 0 Å². The van der Waals surface area contributed by atoms with Gasteiger partial charge in [-0.15, -0.1) is 0 Å². The van der Waals surface area contributed by atoms with Crippen LogP contribution in [-0.2, 0) is 4.74 Å². The van der Waals surface area contributed by atoms with Crippen LogP contribution in [0.3, 0.4) is 0 Å². The van der Waals surface area contributed by atoms with Crippen molar-refractivity contribution in [2.75, 3.05) is 18.6 Å². The lowest BCUT2D eigenvalue weighted by molar-refractivity contribution is 0.0412. The summed E-state index contributed by atoms with van der Waals surface area (Å²) in [6.07, 6.45) is 4.57. The standard InChI is InChI=1S/C6H7FN2.C5H10O/c7-4-1-2-5(8)6(9)3-4;1-6-5-3-2-4-5/h1-3H,8-9H2;5H,2-4H2,1H3. The van der Waals surface area contributed by atoms with Crippen molar-refractivity contribution in [1.29, 1.82) is 0 Å². The van der Waals surface area contributed by atoms with Crippen LogP contribution in [0.2, 0.25) is 0 Å². The van der Waals surface area contributed by atoms with Gasteiger partial charge in [0.05, 0.1) is 17.5 Å². The van der Waals surface area contributed by atoms with Crippen LogP contribution in [0, 0.1) is 5.82 Å². The number of benzene rings is 1. The highest BCUT2D eigenvalue weighted by molar-refractivity contribution is 5.62. The Morgan fingerprint density at radius 3 is 2.20 bits per heavy atom. The minimum Gasteiger partial charge on any atom is -0.397 e. The van der Waals surface area contributed by atoms with E-state index in [2.05, 4.69) is 0 Å². The van der Waals surface area contributed by atoms with Crippen molar-refractivity contribution in [1.82, 2.24) is 0 Å². The number of anilines is 2. The Balaban J connectivity index is 0.000000162. The Hall–Kier alpha value is -1.29. The molecule has 4 N–H and O–H groups in total. The smallest absolute Gasteiger partial charge is 0.125 e. The Kier molecular flexibility index (Phi) is 4.37. The second kappa shape index (κ2) is 5.56. The van der Waals surface area contributed by atoms with Gasteiger partial charge in [-0.05, 0) is 37.5 Å². The third-order valence-corrected chi connectivity index (χ3v) is 2.43. The molecule has 1 aromatic rings. The predicted molar refractivity (Wildman–Crippen MR) is 59.9 cm³/mol. The van der Waals surface area contributed by atoms with Gasteiger partial charge in [0.15, 0.2) is 0 Å². The molecule has 0 amide bonds. The molecular formula is C11H17FN2O. The largest absolute Gasteiger partial charge is 0.397 e. The molecule has 84 valence electrons. The molecule has 0 atom stereocenters. The first-order valence-electron chi connectivity index (χ1n) is 4.96. The van der Waals surface area contributed by atoms with E-state index in [9.17, 15) is 4.39 Å². The zero-order valence-corrected chi connectivity index (χ0v) is 8.87. The van der Waals surface area contributed by atoms with E-state index >= 15 is 0 Å². The van der Waals surface area contributed by atoms with Gasteiger partial charge < -0.3 is 16.2 Å². The maximum absolute atomic E-state index is 12.2. The van der Waals surface area contributed by atoms with Crippen molar-refractivity contribution in [2.45, 2.75) is 25.4 Å². The first kappa shape index (κ1) is 11.8. The van der Waals surface area contributed by atoms with E-state index in [0.29, 0.717) is 11.8 Å². The molecule has 0 saturated heterocycles. The van der Waals surface area contributed by atoms with Crippen molar-refractivity contribution < 1.29 is 9.13 Å². The van der Waals surface area contributed by atoms with E-state index < -0.39 is 0 Å². The summed E-state index contributed by atoms with van der Waals surface area (Å²) in [4.78, 5) is 0. The molecule has 1 aromatic carbocycles. The number of halogens is 1. The Bertz CT molecular complexity index is 311. The van der Waals surface area contributed by atoms with Crippen molar-refractivity contribution in [3.8, 4) is 0 Å². The number of nitrogen functional groups attached to an aromatic ring is 2. The third kappa shape index (κ3) is 3.75. The first-order chi connectivity index (χ1) is 7.13. The average Bonchev–Trinajstić information content (AvgIpc) is 2.11. The fraction of sp³-hybridized carbons (Fsp3) is 0.455. The number of rotatable bonds is 1. The molecule has 0 heterocycles. The van der Waals surface area contributed by atoms with E-state index in [1.54, 1.807) is 7.11 Å². The van der Waals surface area contributed by atoms with Gasteiger partial charge in [0.25, 0.3) is 0 Å². The van der Waals surface area contributed by atoms with E-state index in [4.69, 9.17) is 16.2 Å². The normalized spacial score (nSPS) is 15.1. The Morgan fingerprint density at radius 1 is 1.27 bits per heavy atom. The summed E-state index contributed by atoms with van der Waals surface area (Å²) in [5.74, 6) is -0.360. The summed E-state index contributed by atoms with van der Waals surface area (Å²) in [6.45, 7) is 0. The maximum atomic E-state index is 12.2. The molecule has 0 bridgehead atoms. The number of nitrogens with two attached hydrogens (primary N) is 2. The topological polar surface area (TPSA) is 61.3 Å². The van der Waals surface area contributed by atoms with Crippen LogP contribution >= 0.6 is 0 Å². The fourth-order valence-corrected chi connectivity index (χ4v) is 1.15. The molecule has 0 spiro atoms. The third-order valence-electron chi connectivity index (χ3n) is 2.43. The molecule has 4 heteroatoms. The number of ether oxygens (including phenoxy) is 1. The van der Waals surface area contributed by atoms with Crippen LogP contribution in [0.15, 0.2) is 18.2 Å². The average molecular weight is 212 g/mol. The summed E-state index contributed by atoms with van der Waals surface area (Å²) in [5.41, 5.74) is 11.3. The minimum absolute atomic E-state index is 0.287. The molecule has 0 aliphatic heterocycles. The zero-order valence-electron chi connectivity index (χ0n) is 8.87. The van der Waals surface area contributed by atoms with Crippen LogP contribution < -0.4 is 11.5 Å². The van der Waals surface area contributed by atoms with Crippen LogP contribution in [-0.4, -0.2) is 13.2 Å². The molecule has 15 heavy (non-hydrogen) atoms. The van der Waals surface area contributed by atoms with E-state index in [0.717, 1.165) is 0 Å². The SMILES string of the molecule is COC1CCC1.Nc1ccc(F)cc1N. The van der Waals surface area contributed by atoms with Crippen molar-refractivity contribution >= 4 is 11.4 Å². The number of methoxy groups -OCH3 is 1. The van der Waals surface area contributed by atoms with Crippen molar-refractivity contribution in [3.63, 3.8) is 0 Å². The first-order valence-corrected chi connectivity index (χ1v) is 4.96. The molecule has 2 rings (SSSR count). The van der Waals surface area contributed by atoms with E-state index in [1.807, 2.05) is 0 Å². The molecule has 1 saturated carbocycles. The quantitative estimate of drug-likeness (QED) is 0.701. The summed E-state index contributed by atoms with van der Waals surface area (Å²) >= 11 is 0. The fourth-order valence-electron chi connectivity index (χ4n) is 1.15. The van der Waals surface area contributed by atoms with Gasteiger partial charge in [0.2, 0.25) is 0 Å². The molecule has 0 radical (unpaired) electrons. The lowest BCUT2D eigenvalue weighted by Crippen LogP contribution is -2.18. The van der Waals surface area contributed by atoms with E-state index in [-0.39, 0.29) is 11.5 Å². The molecule has 1 fully saturated rings. The van der Waals surface area contributed by atoms with Gasteiger partial charge in [-0.3, -0.25) is 0 Å². The lowest BCUT2D eigenvalue weighted by Gasteiger charge is -2.22. The van der Waals surface area contributed by atoms with Crippen LogP contribution in [0.25, 0.3) is 0 Å². The highest BCUT2D eigenvalue weighted by Crippen LogP contribution is 2.20. The van der Waals surface area contributed by atoms with Crippen LogP contribution in [0.1, 0.15) is 19.3 Å². The molecule has 0 unspecified atom stereocenters. The molecule has 1 aliphatic carbocycles. The van der Waals surface area contributed by atoms with Gasteiger partial charge in [-0.2, -0.15) is 0 Å². The second-order valence-corrected chi connectivity index (χ2v) is 3.56. The predicted octanol–water partition coefficient (Wildman–Crippen LogP) is 2.18. The minimum atomic E-state index is -0.360. The lowest BCUT2D eigenvalue weighted by atomic mass is 9.96. The van der Waals surface area contributed by atoms with E-state index in [1.165, 1.54) is 37.5 Å². The molecule has 0 aromatic heterocycles. The number of hydrogen-bond donors (Lipinski definition) is 2. The Morgan fingerprint density at radius 2 is 1.93 bits per heavy atom. The highest BCUT2D eigenvalue weighted by Gasteiger charge is 2.14. The number of hydrogen-bond acceptors (Lipinski definition) is 3. The Labute approximate surface area is 89.2 Å². The molecule has 3 nitrogen and oxygen atoms in total.